The van der Waals surface area contributed by atoms with Gasteiger partial charge in [0.1, 0.15) is 0 Å². The van der Waals surface area contributed by atoms with E-state index >= 15 is 0 Å². The molecule has 0 aliphatic carbocycles. The molecule has 0 aromatic carbocycles. The number of carbonyl (C=O) groups is 1. The standard InChI is InChI=1S/C11H17N3O.2ClH/c1-8(2)10(12)11(15)14-7-9-4-3-5-13-6-9;;/h3-6,8,10H,7,12H2,1-2H3,(H,14,15);2*1H/t10-;;/m1../s1. The first-order valence-electron chi connectivity index (χ1n) is 5.03. The van der Waals surface area contributed by atoms with Crippen LogP contribution in [0.1, 0.15) is 19.4 Å². The van der Waals surface area contributed by atoms with E-state index in [4.69, 9.17) is 5.73 Å². The molecule has 0 fully saturated rings. The predicted octanol–water partition coefficient (Wildman–Crippen LogP) is 1.52. The number of rotatable bonds is 4. The fourth-order valence-corrected chi connectivity index (χ4v) is 1.11. The molecule has 0 spiro atoms. The Balaban J connectivity index is 0. The third-order valence-corrected chi connectivity index (χ3v) is 2.21. The van der Waals surface area contributed by atoms with Crippen LogP contribution in [0.25, 0.3) is 0 Å². The van der Waals surface area contributed by atoms with Crippen LogP contribution in [0.2, 0.25) is 0 Å². The Kier molecular flexibility index (Phi) is 10.0. The zero-order valence-electron chi connectivity index (χ0n) is 9.92. The van der Waals surface area contributed by atoms with Gasteiger partial charge in [-0.3, -0.25) is 9.78 Å². The Morgan fingerprint density at radius 3 is 2.59 bits per heavy atom. The average molecular weight is 280 g/mol. The number of nitrogens with two attached hydrogens (primary N) is 1. The second kappa shape index (κ2) is 9.22. The van der Waals surface area contributed by atoms with E-state index in [9.17, 15) is 4.79 Å². The van der Waals surface area contributed by atoms with E-state index in [0.29, 0.717) is 6.54 Å². The number of carbonyl (C=O) groups excluding carboxylic acids is 1. The molecule has 98 valence electrons. The monoisotopic (exact) mass is 279 g/mol. The summed E-state index contributed by atoms with van der Waals surface area (Å²) < 4.78 is 0. The molecule has 1 atom stereocenters. The van der Waals surface area contributed by atoms with Crippen molar-refractivity contribution in [3.63, 3.8) is 0 Å². The molecule has 0 aliphatic rings. The van der Waals surface area contributed by atoms with Crippen LogP contribution in [0, 0.1) is 5.92 Å². The lowest BCUT2D eigenvalue weighted by Gasteiger charge is -2.15. The van der Waals surface area contributed by atoms with E-state index in [1.54, 1.807) is 12.4 Å². The highest BCUT2D eigenvalue weighted by atomic mass is 35.5. The molecule has 1 aromatic heterocycles. The van der Waals surface area contributed by atoms with Gasteiger partial charge in [-0.05, 0) is 17.5 Å². The van der Waals surface area contributed by atoms with E-state index in [-0.39, 0.29) is 36.6 Å². The molecular formula is C11H19Cl2N3O. The van der Waals surface area contributed by atoms with Crippen molar-refractivity contribution in [2.45, 2.75) is 26.4 Å². The van der Waals surface area contributed by atoms with Crippen molar-refractivity contribution in [3.05, 3.63) is 30.1 Å². The summed E-state index contributed by atoms with van der Waals surface area (Å²) in [7, 11) is 0. The van der Waals surface area contributed by atoms with E-state index in [2.05, 4.69) is 10.3 Å². The Hall–Kier alpha value is -0.840. The van der Waals surface area contributed by atoms with E-state index in [0.717, 1.165) is 5.56 Å². The highest BCUT2D eigenvalue weighted by molar-refractivity contribution is 5.85. The molecule has 0 saturated heterocycles. The van der Waals surface area contributed by atoms with Gasteiger partial charge in [-0.2, -0.15) is 0 Å². The maximum Gasteiger partial charge on any atom is 0.237 e. The number of pyridine rings is 1. The molecule has 0 saturated carbocycles. The number of halogens is 2. The van der Waals surface area contributed by atoms with Gasteiger partial charge in [0.25, 0.3) is 0 Å². The van der Waals surface area contributed by atoms with Crippen molar-refractivity contribution in [3.8, 4) is 0 Å². The molecule has 0 radical (unpaired) electrons. The Morgan fingerprint density at radius 2 is 2.12 bits per heavy atom. The van der Waals surface area contributed by atoms with Gasteiger partial charge >= 0.3 is 0 Å². The van der Waals surface area contributed by atoms with Gasteiger partial charge in [0.2, 0.25) is 5.91 Å². The molecule has 1 rings (SSSR count). The summed E-state index contributed by atoms with van der Waals surface area (Å²) in [5.41, 5.74) is 6.67. The van der Waals surface area contributed by atoms with Gasteiger partial charge in [-0.1, -0.05) is 19.9 Å². The summed E-state index contributed by atoms with van der Waals surface area (Å²) in [6.45, 7) is 4.33. The minimum absolute atomic E-state index is 0. The highest BCUT2D eigenvalue weighted by Crippen LogP contribution is 1.99. The maximum atomic E-state index is 11.5. The van der Waals surface area contributed by atoms with Crippen molar-refractivity contribution in [2.75, 3.05) is 0 Å². The molecule has 1 aromatic rings. The normalized spacial score (nSPS) is 11.1. The van der Waals surface area contributed by atoms with Gasteiger partial charge in [-0.25, -0.2) is 0 Å². The highest BCUT2D eigenvalue weighted by Gasteiger charge is 2.16. The maximum absolute atomic E-state index is 11.5. The minimum Gasteiger partial charge on any atom is -0.351 e. The summed E-state index contributed by atoms with van der Waals surface area (Å²) in [5.74, 6) is 0.0350. The molecule has 0 bridgehead atoms. The van der Waals surface area contributed by atoms with Crippen molar-refractivity contribution >= 4 is 30.7 Å². The van der Waals surface area contributed by atoms with E-state index in [1.807, 2.05) is 26.0 Å². The number of aromatic nitrogens is 1. The van der Waals surface area contributed by atoms with Crippen LogP contribution >= 0.6 is 24.8 Å². The average Bonchev–Trinajstić information content (AvgIpc) is 2.26. The summed E-state index contributed by atoms with van der Waals surface area (Å²) in [6, 6.07) is 3.31. The molecule has 0 aliphatic heterocycles. The third-order valence-electron chi connectivity index (χ3n) is 2.21. The number of amides is 1. The van der Waals surface area contributed by atoms with Crippen LogP contribution in [0.3, 0.4) is 0 Å². The van der Waals surface area contributed by atoms with Crippen molar-refractivity contribution in [1.82, 2.24) is 10.3 Å². The molecular weight excluding hydrogens is 261 g/mol. The molecule has 1 heterocycles. The number of nitrogens with zero attached hydrogens (tertiary/aromatic N) is 1. The zero-order valence-corrected chi connectivity index (χ0v) is 11.6. The molecule has 6 heteroatoms. The first-order valence-corrected chi connectivity index (χ1v) is 5.03. The lowest BCUT2D eigenvalue weighted by Crippen LogP contribution is -2.43. The fraction of sp³-hybridized carbons (Fsp3) is 0.455. The summed E-state index contributed by atoms with van der Waals surface area (Å²) >= 11 is 0. The topological polar surface area (TPSA) is 68.0 Å². The van der Waals surface area contributed by atoms with Gasteiger partial charge in [0, 0.05) is 18.9 Å². The molecule has 1 amide bonds. The van der Waals surface area contributed by atoms with Crippen LogP contribution in [0.15, 0.2) is 24.5 Å². The smallest absolute Gasteiger partial charge is 0.237 e. The van der Waals surface area contributed by atoms with Crippen molar-refractivity contribution in [2.24, 2.45) is 11.7 Å². The lowest BCUT2D eigenvalue weighted by molar-refractivity contribution is -0.123. The number of nitrogens with one attached hydrogen (secondary N) is 1. The van der Waals surface area contributed by atoms with Crippen LogP contribution in [0.5, 0.6) is 0 Å². The van der Waals surface area contributed by atoms with Gasteiger partial charge in [0.15, 0.2) is 0 Å². The first-order chi connectivity index (χ1) is 7.11. The SMILES string of the molecule is CC(C)[C@@H](N)C(=O)NCc1cccnc1.Cl.Cl. The largest absolute Gasteiger partial charge is 0.351 e. The van der Waals surface area contributed by atoms with E-state index in [1.165, 1.54) is 0 Å². The number of hydrogen-bond acceptors (Lipinski definition) is 3. The molecule has 17 heavy (non-hydrogen) atoms. The predicted molar refractivity (Wildman–Crippen MR) is 73.4 cm³/mol. The quantitative estimate of drug-likeness (QED) is 0.878. The number of hydrogen-bond donors (Lipinski definition) is 2. The Labute approximate surface area is 114 Å². The van der Waals surface area contributed by atoms with Gasteiger partial charge in [-0.15, -0.1) is 24.8 Å². The second-order valence-electron chi connectivity index (χ2n) is 3.85. The second-order valence-corrected chi connectivity index (χ2v) is 3.85. The van der Waals surface area contributed by atoms with Gasteiger partial charge < -0.3 is 11.1 Å². The lowest BCUT2D eigenvalue weighted by atomic mass is 10.1. The minimum atomic E-state index is -0.443. The Morgan fingerprint density at radius 1 is 1.47 bits per heavy atom. The van der Waals surface area contributed by atoms with E-state index < -0.39 is 6.04 Å². The molecule has 4 nitrogen and oxygen atoms in total. The molecule has 3 N–H and O–H groups in total. The Bertz CT molecular complexity index is 320. The first kappa shape index (κ1) is 18.5. The van der Waals surface area contributed by atoms with Crippen molar-refractivity contribution < 1.29 is 4.79 Å². The van der Waals surface area contributed by atoms with Crippen LogP contribution in [-0.2, 0) is 11.3 Å². The van der Waals surface area contributed by atoms with Crippen LogP contribution in [-0.4, -0.2) is 16.9 Å². The van der Waals surface area contributed by atoms with Crippen molar-refractivity contribution in [1.29, 1.82) is 0 Å². The fourth-order valence-electron chi connectivity index (χ4n) is 1.11. The summed E-state index contributed by atoms with van der Waals surface area (Å²) in [4.78, 5) is 15.5. The van der Waals surface area contributed by atoms with Crippen LogP contribution in [0.4, 0.5) is 0 Å². The summed E-state index contributed by atoms with van der Waals surface area (Å²) in [6.07, 6.45) is 3.42. The third kappa shape index (κ3) is 6.46. The summed E-state index contributed by atoms with van der Waals surface area (Å²) in [5, 5.41) is 2.78. The van der Waals surface area contributed by atoms with Gasteiger partial charge in [0.05, 0.1) is 6.04 Å². The zero-order chi connectivity index (χ0) is 11.3. The molecule has 0 unspecified atom stereocenters. The van der Waals surface area contributed by atoms with Crippen LogP contribution < -0.4 is 11.1 Å².